The first kappa shape index (κ1) is 13.3. The zero-order chi connectivity index (χ0) is 14.1. The fourth-order valence-corrected chi connectivity index (χ4v) is 2.90. The third-order valence-electron chi connectivity index (χ3n) is 3.63. The lowest BCUT2D eigenvalue weighted by molar-refractivity contribution is 0.133. The normalized spacial score (nSPS) is 19.2. The zero-order valence-corrected chi connectivity index (χ0v) is 12.2. The molecule has 0 fully saturated rings. The second kappa shape index (κ2) is 5.38. The van der Waals surface area contributed by atoms with E-state index in [2.05, 4.69) is 21.4 Å². The van der Waals surface area contributed by atoms with Crippen molar-refractivity contribution in [3.8, 4) is 0 Å². The van der Waals surface area contributed by atoms with Crippen molar-refractivity contribution < 1.29 is 9.26 Å². The van der Waals surface area contributed by atoms with E-state index < -0.39 is 0 Å². The molecule has 3 rings (SSSR count). The molecule has 0 saturated carbocycles. The van der Waals surface area contributed by atoms with Crippen LogP contribution < -0.4 is 0 Å². The highest BCUT2D eigenvalue weighted by atomic mass is 16.5. The average molecular weight is 276 g/mol. The lowest BCUT2D eigenvalue weighted by atomic mass is 9.97. The van der Waals surface area contributed by atoms with Crippen LogP contribution >= 0.6 is 0 Å². The van der Waals surface area contributed by atoms with Gasteiger partial charge < -0.3 is 9.26 Å². The summed E-state index contributed by atoms with van der Waals surface area (Å²) in [5, 5.41) is 8.65. The van der Waals surface area contributed by atoms with Crippen LogP contribution in [0.2, 0.25) is 0 Å². The molecule has 0 aliphatic carbocycles. The van der Waals surface area contributed by atoms with Gasteiger partial charge in [-0.2, -0.15) is 5.10 Å². The van der Waals surface area contributed by atoms with E-state index in [0.29, 0.717) is 12.5 Å². The van der Waals surface area contributed by atoms with E-state index in [-0.39, 0.29) is 0 Å². The standard InChI is InChI=1S/C14H20N4O2/c1-10-4-13(16-20-10)8-18-6-11-5-17(2)15-14(11)12(7-18)9-19-3/h4-5,12H,6-9H2,1-3H3/t12-/m0/s1. The average Bonchev–Trinajstić information content (AvgIpc) is 2.95. The molecular formula is C14H20N4O2. The molecule has 1 aliphatic rings. The zero-order valence-electron chi connectivity index (χ0n) is 12.2. The van der Waals surface area contributed by atoms with Gasteiger partial charge >= 0.3 is 0 Å². The van der Waals surface area contributed by atoms with Crippen molar-refractivity contribution in [2.24, 2.45) is 7.05 Å². The van der Waals surface area contributed by atoms with Crippen LogP contribution in [-0.2, 0) is 24.9 Å². The Morgan fingerprint density at radius 2 is 2.35 bits per heavy atom. The summed E-state index contributed by atoms with van der Waals surface area (Å²) in [5.74, 6) is 1.17. The number of aryl methyl sites for hydroxylation is 2. The van der Waals surface area contributed by atoms with Crippen molar-refractivity contribution in [2.75, 3.05) is 20.3 Å². The first-order valence-corrected chi connectivity index (χ1v) is 6.81. The van der Waals surface area contributed by atoms with Crippen molar-refractivity contribution in [3.05, 3.63) is 35.0 Å². The quantitative estimate of drug-likeness (QED) is 0.846. The van der Waals surface area contributed by atoms with Crippen LogP contribution in [0.3, 0.4) is 0 Å². The molecule has 0 aromatic carbocycles. The van der Waals surface area contributed by atoms with Gasteiger partial charge in [-0.3, -0.25) is 9.58 Å². The maximum atomic E-state index is 5.34. The molecule has 6 heteroatoms. The Morgan fingerprint density at radius 1 is 1.50 bits per heavy atom. The molecule has 0 radical (unpaired) electrons. The maximum absolute atomic E-state index is 5.34. The minimum absolute atomic E-state index is 0.318. The monoisotopic (exact) mass is 276 g/mol. The highest BCUT2D eigenvalue weighted by molar-refractivity contribution is 5.24. The van der Waals surface area contributed by atoms with Crippen LogP contribution in [0, 0.1) is 6.92 Å². The summed E-state index contributed by atoms with van der Waals surface area (Å²) in [6.45, 7) is 5.24. The second-order valence-corrected chi connectivity index (χ2v) is 5.46. The van der Waals surface area contributed by atoms with E-state index in [9.17, 15) is 0 Å². The number of fused-ring (bicyclic) bond motifs is 1. The molecule has 0 unspecified atom stereocenters. The fraction of sp³-hybridized carbons (Fsp3) is 0.571. The van der Waals surface area contributed by atoms with Crippen molar-refractivity contribution in [1.82, 2.24) is 19.8 Å². The van der Waals surface area contributed by atoms with Gasteiger partial charge in [0.05, 0.1) is 18.0 Å². The molecule has 0 N–H and O–H groups in total. The number of nitrogens with zero attached hydrogens (tertiary/aromatic N) is 4. The topological polar surface area (TPSA) is 56.3 Å². The Morgan fingerprint density at radius 3 is 3.05 bits per heavy atom. The van der Waals surface area contributed by atoms with Gasteiger partial charge in [0.2, 0.25) is 0 Å². The minimum Gasteiger partial charge on any atom is -0.384 e. The molecule has 108 valence electrons. The summed E-state index contributed by atoms with van der Waals surface area (Å²) >= 11 is 0. The summed E-state index contributed by atoms with van der Waals surface area (Å²) in [5.41, 5.74) is 3.42. The maximum Gasteiger partial charge on any atom is 0.133 e. The summed E-state index contributed by atoms with van der Waals surface area (Å²) < 4.78 is 12.4. The molecule has 0 spiro atoms. The van der Waals surface area contributed by atoms with Crippen molar-refractivity contribution in [1.29, 1.82) is 0 Å². The third-order valence-corrected chi connectivity index (χ3v) is 3.63. The van der Waals surface area contributed by atoms with E-state index in [1.54, 1.807) is 7.11 Å². The van der Waals surface area contributed by atoms with E-state index in [4.69, 9.17) is 9.26 Å². The Balaban J connectivity index is 1.78. The van der Waals surface area contributed by atoms with Gasteiger partial charge in [-0.15, -0.1) is 0 Å². The van der Waals surface area contributed by atoms with E-state index in [1.807, 2.05) is 24.7 Å². The molecule has 20 heavy (non-hydrogen) atoms. The first-order chi connectivity index (χ1) is 9.65. The Bertz CT molecular complexity index is 590. The highest BCUT2D eigenvalue weighted by Crippen LogP contribution is 2.28. The SMILES string of the molecule is COC[C@@H]1CN(Cc2cc(C)on2)Cc2cn(C)nc21. The molecule has 0 saturated heterocycles. The van der Waals surface area contributed by atoms with Crippen LogP contribution in [0.25, 0.3) is 0 Å². The summed E-state index contributed by atoms with van der Waals surface area (Å²) in [6, 6.07) is 1.99. The predicted molar refractivity (Wildman–Crippen MR) is 73.2 cm³/mol. The molecule has 1 atom stereocenters. The first-order valence-electron chi connectivity index (χ1n) is 6.81. The molecule has 0 bridgehead atoms. The van der Waals surface area contributed by atoms with Gasteiger partial charge in [-0.05, 0) is 6.92 Å². The smallest absolute Gasteiger partial charge is 0.133 e. The van der Waals surface area contributed by atoms with E-state index in [1.165, 1.54) is 11.3 Å². The molecule has 3 heterocycles. The lowest BCUT2D eigenvalue weighted by Crippen LogP contribution is -2.34. The third kappa shape index (κ3) is 2.62. The summed E-state index contributed by atoms with van der Waals surface area (Å²) in [4.78, 5) is 2.37. The van der Waals surface area contributed by atoms with Gasteiger partial charge in [-0.1, -0.05) is 5.16 Å². The Hall–Kier alpha value is -1.66. The van der Waals surface area contributed by atoms with Crippen LogP contribution in [0.5, 0.6) is 0 Å². The van der Waals surface area contributed by atoms with Gasteiger partial charge in [0.25, 0.3) is 0 Å². The van der Waals surface area contributed by atoms with Crippen molar-refractivity contribution >= 4 is 0 Å². The van der Waals surface area contributed by atoms with E-state index >= 15 is 0 Å². The Kier molecular flexibility index (Phi) is 3.58. The molecule has 2 aromatic heterocycles. The fourth-order valence-electron chi connectivity index (χ4n) is 2.90. The molecule has 1 aliphatic heterocycles. The molecule has 2 aromatic rings. The van der Waals surface area contributed by atoms with Gasteiger partial charge in [-0.25, -0.2) is 0 Å². The summed E-state index contributed by atoms with van der Waals surface area (Å²) in [7, 11) is 3.70. The number of hydrogen-bond donors (Lipinski definition) is 0. The number of rotatable bonds is 4. The number of methoxy groups -OCH3 is 1. The highest BCUT2D eigenvalue weighted by Gasteiger charge is 2.28. The van der Waals surface area contributed by atoms with Crippen LogP contribution in [-0.4, -0.2) is 40.1 Å². The second-order valence-electron chi connectivity index (χ2n) is 5.46. The predicted octanol–water partition coefficient (Wildman–Crippen LogP) is 1.46. The van der Waals surface area contributed by atoms with Crippen LogP contribution in [0.1, 0.15) is 28.6 Å². The number of ether oxygens (including phenoxy) is 1. The van der Waals surface area contributed by atoms with Gasteiger partial charge in [0, 0.05) is 57.5 Å². The van der Waals surface area contributed by atoms with Gasteiger partial charge in [0.15, 0.2) is 0 Å². The van der Waals surface area contributed by atoms with Crippen molar-refractivity contribution in [3.63, 3.8) is 0 Å². The molecule has 0 amide bonds. The number of aromatic nitrogens is 3. The van der Waals surface area contributed by atoms with Crippen LogP contribution in [0.4, 0.5) is 0 Å². The minimum atomic E-state index is 0.318. The summed E-state index contributed by atoms with van der Waals surface area (Å²) in [6.07, 6.45) is 2.10. The largest absolute Gasteiger partial charge is 0.384 e. The molecule has 6 nitrogen and oxygen atoms in total. The van der Waals surface area contributed by atoms with E-state index in [0.717, 1.165) is 31.1 Å². The number of hydrogen-bond acceptors (Lipinski definition) is 5. The lowest BCUT2D eigenvalue weighted by Gasteiger charge is -2.30. The van der Waals surface area contributed by atoms with Gasteiger partial charge in [0.1, 0.15) is 5.76 Å². The van der Waals surface area contributed by atoms with Crippen molar-refractivity contribution in [2.45, 2.75) is 25.9 Å². The Labute approximate surface area is 118 Å². The molecular weight excluding hydrogens is 256 g/mol. The van der Waals surface area contributed by atoms with Crippen LogP contribution in [0.15, 0.2) is 16.8 Å².